The second kappa shape index (κ2) is 5.81. The van der Waals surface area contributed by atoms with Crippen molar-refractivity contribution < 1.29 is 17.2 Å². The van der Waals surface area contributed by atoms with E-state index in [0.717, 1.165) is 23.5 Å². The standard InChI is InChI=1S/C11H11F2N3O2S2/c1-14-6-7-8(12)2-3-9(10(7)13)20(17,18)16-11-15-4-5-19-11/h2-5,14H,6H2,1H3,(H,15,16). The normalized spacial score (nSPS) is 11.6. The van der Waals surface area contributed by atoms with Crippen molar-refractivity contribution in [1.29, 1.82) is 0 Å². The lowest BCUT2D eigenvalue weighted by atomic mass is 10.2. The van der Waals surface area contributed by atoms with Gasteiger partial charge in [0.25, 0.3) is 10.0 Å². The van der Waals surface area contributed by atoms with E-state index in [9.17, 15) is 17.2 Å². The molecule has 0 amide bonds. The van der Waals surface area contributed by atoms with Crippen LogP contribution in [0.1, 0.15) is 5.56 Å². The van der Waals surface area contributed by atoms with Crippen LogP contribution in [0.3, 0.4) is 0 Å². The molecule has 0 spiro atoms. The molecule has 1 aromatic carbocycles. The summed E-state index contributed by atoms with van der Waals surface area (Å²) in [6.45, 7) is -0.113. The van der Waals surface area contributed by atoms with Crippen molar-refractivity contribution in [1.82, 2.24) is 10.3 Å². The minimum absolute atomic E-state index is 0.113. The second-order valence-electron chi connectivity index (χ2n) is 3.81. The van der Waals surface area contributed by atoms with Gasteiger partial charge in [-0.25, -0.2) is 22.2 Å². The molecule has 2 rings (SSSR count). The van der Waals surface area contributed by atoms with Crippen LogP contribution in [-0.4, -0.2) is 20.4 Å². The topological polar surface area (TPSA) is 71.1 Å². The quantitative estimate of drug-likeness (QED) is 0.883. The summed E-state index contributed by atoms with van der Waals surface area (Å²) >= 11 is 1.06. The van der Waals surface area contributed by atoms with Gasteiger partial charge in [-0.05, 0) is 19.2 Å². The molecule has 2 aromatic rings. The average molecular weight is 319 g/mol. The predicted molar refractivity (Wildman–Crippen MR) is 72.0 cm³/mol. The Kier molecular flexibility index (Phi) is 4.31. The van der Waals surface area contributed by atoms with Crippen molar-refractivity contribution in [2.75, 3.05) is 11.8 Å². The van der Waals surface area contributed by atoms with E-state index in [1.54, 1.807) is 5.38 Å². The highest BCUT2D eigenvalue weighted by atomic mass is 32.2. The summed E-state index contributed by atoms with van der Waals surface area (Å²) in [5.41, 5.74) is -0.325. The summed E-state index contributed by atoms with van der Waals surface area (Å²) in [7, 11) is -2.64. The fourth-order valence-electron chi connectivity index (χ4n) is 1.57. The number of thiazole rings is 1. The van der Waals surface area contributed by atoms with Gasteiger partial charge < -0.3 is 5.32 Å². The highest BCUT2D eigenvalue weighted by Crippen LogP contribution is 2.24. The number of rotatable bonds is 5. The number of anilines is 1. The largest absolute Gasteiger partial charge is 0.315 e. The zero-order chi connectivity index (χ0) is 14.8. The van der Waals surface area contributed by atoms with Crippen LogP contribution in [0.15, 0.2) is 28.6 Å². The molecule has 1 heterocycles. The van der Waals surface area contributed by atoms with E-state index in [2.05, 4.69) is 15.0 Å². The van der Waals surface area contributed by atoms with Crippen LogP contribution in [0.2, 0.25) is 0 Å². The summed E-state index contributed by atoms with van der Waals surface area (Å²) in [6.07, 6.45) is 1.41. The maximum atomic E-state index is 14.1. The maximum Gasteiger partial charge on any atom is 0.266 e. The molecule has 0 saturated heterocycles. The molecule has 0 bridgehead atoms. The number of nitrogens with zero attached hydrogens (tertiary/aromatic N) is 1. The zero-order valence-corrected chi connectivity index (χ0v) is 12.0. The molecule has 0 aliphatic heterocycles. The van der Waals surface area contributed by atoms with Crippen molar-refractivity contribution in [3.63, 3.8) is 0 Å². The first-order valence-corrected chi connectivity index (χ1v) is 7.86. The number of nitrogens with one attached hydrogen (secondary N) is 2. The Hall–Kier alpha value is -1.58. The summed E-state index contributed by atoms with van der Waals surface area (Å²) in [5.74, 6) is -1.91. The highest BCUT2D eigenvalue weighted by molar-refractivity contribution is 7.93. The van der Waals surface area contributed by atoms with Crippen LogP contribution in [0.4, 0.5) is 13.9 Å². The van der Waals surface area contributed by atoms with Crippen LogP contribution >= 0.6 is 11.3 Å². The Balaban J connectivity index is 2.44. The van der Waals surface area contributed by atoms with Gasteiger partial charge in [0, 0.05) is 23.7 Å². The average Bonchev–Trinajstić information content (AvgIpc) is 2.86. The maximum absolute atomic E-state index is 14.1. The summed E-state index contributed by atoms with van der Waals surface area (Å²) in [6, 6.07) is 1.81. The lowest BCUT2D eigenvalue weighted by Crippen LogP contribution is -2.17. The Morgan fingerprint density at radius 1 is 1.35 bits per heavy atom. The first-order chi connectivity index (χ1) is 9.45. The number of sulfonamides is 1. The molecule has 0 aliphatic rings. The number of hydrogen-bond donors (Lipinski definition) is 2. The molecule has 108 valence electrons. The van der Waals surface area contributed by atoms with E-state index < -0.39 is 26.6 Å². The lowest BCUT2D eigenvalue weighted by Gasteiger charge is -2.10. The first kappa shape index (κ1) is 14.8. The number of benzene rings is 1. The molecular formula is C11H11F2N3O2S2. The van der Waals surface area contributed by atoms with Crippen LogP contribution in [0.25, 0.3) is 0 Å². The predicted octanol–water partition coefficient (Wildman–Crippen LogP) is 1.94. The molecule has 0 saturated carbocycles. The van der Waals surface area contributed by atoms with Crippen molar-refractivity contribution in [3.8, 4) is 0 Å². The van der Waals surface area contributed by atoms with Gasteiger partial charge in [-0.2, -0.15) is 0 Å². The Morgan fingerprint density at radius 3 is 2.70 bits per heavy atom. The van der Waals surface area contributed by atoms with E-state index in [0.29, 0.717) is 0 Å². The van der Waals surface area contributed by atoms with Gasteiger partial charge in [0.1, 0.15) is 10.7 Å². The van der Waals surface area contributed by atoms with Crippen molar-refractivity contribution in [2.45, 2.75) is 11.4 Å². The van der Waals surface area contributed by atoms with Crippen LogP contribution < -0.4 is 10.0 Å². The fourth-order valence-corrected chi connectivity index (χ4v) is 3.46. The minimum atomic E-state index is -4.14. The third-order valence-corrected chi connectivity index (χ3v) is 4.62. The SMILES string of the molecule is CNCc1c(F)ccc(S(=O)(=O)Nc2nccs2)c1F. The third-order valence-electron chi connectivity index (χ3n) is 2.45. The van der Waals surface area contributed by atoms with Gasteiger partial charge in [0.05, 0.1) is 0 Å². The smallest absolute Gasteiger partial charge is 0.266 e. The van der Waals surface area contributed by atoms with Crippen molar-refractivity contribution >= 4 is 26.5 Å². The molecule has 0 fully saturated rings. The molecule has 0 radical (unpaired) electrons. The molecule has 9 heteroatoms. The summed E-state index contributed by atoms with van der Waals surface area (Å²) < 4.78 is 53.9. The first-order valence-electron chi connectivity index (χ1n) is 5.49. The molecular weight excluding hydrogens is 308 g/mol. The number of hydrogen-bond acceptors (Lipinski definition) is 5. The number of halogens is 2. The van der Waals surface area contributed by atoms with Crippen LogP contribution in [0, 0.1) is 11.6 Å². The third kappa shape index (κ3) is 2.94. The highest BCUT2D eigenvalue weighted by Gasteiger charge is 2.24. The minimum Gasteiger partial charge on any atom is -0.315 e. The molecule has 20 heavy (non-hydrogen) atoms. The van der Waals surface area contributed by atoms with Gasteiger partial charge in [0.15, 0.2) is 10.9 Å². The van der Waals surface area contributed by atoms with Gasteiger partial charge in [-0.1, -0.05) is 0 Å². The Bertz CT molecular complexity index is 703. The van der Waals surface area contributed by atoms with Gasteiger partial charge in [-0.15, -0.1) is 11.3 Å². The summed E-state index contributed by atoms with van der Waals surface area (Å²) in [4.78, 5) is 3.14. The molecule has 0 unspecified atom stereocenters. The van der Waals surface area contributed by atoms with Gasteiger partial charge in [-0.3, -0.25) is 4.72 Å². The van der Waals surface area contributed by atoms with Crippen molar-refractivity contribution in [3.05, 3.63) is 40.9 Å². The van der Waals surface area contributed by atoms with Crippen LogP contribution in [-0.2, 0) is 16.6 Å². The lowest BCUT2D eigenvalue weighted by molar-refractivity contribution is 0.522. The van der Waals surface area contributed by atoms with Crippen LogP contribution in [0.5, 0.6) is 0 Å². The molecule has 0 aliphatic carbocycles. The van der Waals surface area contributed by atoms with E-state index in [-0.39, 0.29) is 17.2 Å². The van der Waals surface area contributed by atoms with E-state index in [4.69, 9.17) is 0 Å². The van der Waals surface area contributed by atoms with E-state index >= 15 is 0 Å². The molecule has 1 aromatic heterocycles. The zero-order valence-electron chi connectivity index (χ0n) is 10.4. The Morgan fingerprint density at radius 2 is 2.10 bits per heavy atom. The second-order valence-corrected chi connectivity index (χ2v) is 6.36. The van der Waals surface area contributed by atoms with Gasteiger partial charge >= 0.3 is 0 Å². The summed E-state index contributed by atoms with van der Waals surface area (Å²) in [5, 5.41) is 4.27. The van der Waals surface area contributed by atoms with Crippen molar-refractivity contribution in [2.24, 2.45) is 0 Å². The van der Waals surface area contributed by atoms with Gasteiger partial charge in [0.2, 0.25) is 0 Å². The monoisotopic (exact) mass is 319 g/mol. The van der Waals surface area contributed by atoms with E-state index in [1.165, 1.54) is 13.2 Å². The molecule has 5 nitrogen and oxygen atoms in total. The fraction of sp³-hybridized carbons (Fsp3) is 0.182. The Labute approximate surface area is 118 Å². The molecule has 0 atom stereocenters. The number of aromatic nitrogens is 1. The van der Waals surface area contributed by atoms with E-state index in [1.807, 2.05) is 0 Å². The molecule has 2 N–H and O–H groups in total.